The highest BCUT2D eigenvalue weighted by molar-refractivity contribution is 5.84. The van der Waals surface area contributed by atoms with E-state index in [0.29, 0.717) is 12.8 Å². The summed E-state index contributed by atoms with van der Waals surface area (Å²) in [6, 6.07) is -1.58. The van der Waals surface area contributed by atoms with Crippen LogP contribution < -0.4 is 5.32 Å². The Kier molecular flexibility index (Phi) is 5.88. The summed E-state index contributed by atoms with van der Waals surface area (Å²) in [6.45, 7) is 3.71. The first-order valence-electron chi connectivity index (χ1n) is 4.83. The molecule has 0 aliphatic carbocycles. The summed E-state index contributed by atoms with van der Waals surface area (Å²) in [5, 5.41) is 29.0. The number of aliphatic hydroxyl groups excluding tert-OH is 1. The predicted octanol–water partition coefficient (Wildman–Crippen LogP) is -0.337. The second-order valence-corrected chi connectivity index (χ2v) is 3.28. The normalized spacial score (nSPS) is 14.9. The van der Waals surface area contributed by atoms with Gasteiger partial charge in [-0.15, -0.1) is 0 Å². The molecule has 0 amide bonds. The SMILES string of the molecule is CCC(CC)NC(C(=O)O)[C@@H](O)C(=O)O. The number of hydrogen-bond donors (Lipinski definition) is 4. The quantitative estimate of drug-likeness (QED) is 0.467. The van der Waals surface area contributed by atoms with Crippen molar-refractivity contribution in [2.45, 2.75) is 44.9 Å². The van der Waals surface area contributed by atoms with Gasteiger partial charge in [0.1, 0.15) is 6.04 Å². The van der Waals surface area contributed by atoms with Gasteiger partial charge in [-0.1, -0.05) is 13.8 Å². The highest BCUT2D eigenvalue weighted by Gasteiger charge is 2.32. The van der Waals surface area contributed by atoms with Gasteiger partial charge in [0.25, 0.3) is 0 Å². The molecule has 0 heterocycles. The van der Waals surface area contributed by atoms with Gasteiger partial charge in [-0.3, -0.25) is 10.1 Å². The molecule has 0 bridgehead atoms. The first-order chi connectivity index (χ1) is 6.93. The van der Waals surface area contributed by atoms with Gasteiger partial charge in [-0.05, 0) is 12.8 Å². The minimum Gasteiger partial charge on any atom is -0.480 e. The first kappa shape index (κ1) is 13.9. The topological polar surface area (TPSA) is 107 Å². The van der Waals surface area contributed by atoms with Crippen LogP contribution >= 0.6 is 0 Å². The third-order valence-electron chi connectivity index (χ3n) is 2.24. The van der Waals surface area contributed by atoms with Crippen LogP contribution in [-0.4, -0.2) is 45.4 Å². The molecular weight excluding hydrogens is 202 g/mol. The second-order valence-electron chi connectivity index (χ2n) is 3.28. The average Bonchev–Trinajstić information content (AvgIpc) is 2.18. The summed E-state index contributed by atoms with van der Waals surface area (Å²) in [6.07, 6.45) is -0.581. The summed E-state index contributed by atoms with van der Waals surface area (Å²) >= 11 is 0. The van der Waals surface area contributed by atoms with E-state index in [-0.39, 0.29) is 6.04 Å². The molecule has 0 saturated heterocycles. The van der Waals surface area contributed by atoms with E-state index >= 15 is 0 Å². The van der Waals surface area contributed by atoms with Gasteiger partial charge in [0.15, 0.2) is 6.10 Å². The van der Waals surface area contributed by atoms with Crippen molar-refractivity contribution in [3.8, 4) is 0 Å². The maximum Gasteiger partial charge on any atom is 0.334 e. The van der Waals surface area contributed by atoms with E-state index in [4.69, 9.17) is 15.3 Å². The Hall–Kier alpha value is -1.14. The lowest BCUT2D eigenvalue weighted by atomic mass is 10.1. The minimum absolute atomic E-state index is 0.111. The smallest absolute Gasteiger partial charge is 0.334 e. The lowest BCUT2D eigenvalue weighted by molar-refractivity contribution is -0.156. The summed E-state index contributed by atoms with van der Waals surface area (Å²) in [5.74, 6) is -2.90. The van der Waals surface area contributed by atoms with Crippen LogP contribution in [0.1, 0.15) is 26.7 Å². The lowest BCUT2D eigenvalue weighted by Gasteiger charge is -2.22. The summed E-state index contributed by atoms with van der Waals surface area (Å²) in [5.41, 5.74) is 0. The molecule has 0 aromatic heterocycles. The van der Waals surface area contributed by atoms with Crippen molar-refractivity contribution >= 4 is 11.9 Å². The molecule has 0 aliphatic heterocycles. The molecule has 0 saturated carbocycles. The number of hydrogen-bond acceptors (Lipinski definition) is 4. The van der Waals surface area contributed by atoms with Gasteiger partial charge in [-0.2, -0.15) is 0 Å². The Morgan fingerprint density at radius 2 is 1.60 bits per heavy atom. The van der Waals surface area contributed by atoms with Crippen molar-refractivity contribution in [3.63, 3.8) is 0 Å². The fourth-order valence-electron chi connectivity index (χ4n) is 1.22. The second kappa shape index (κ2) is 6.36. The lowest BCUT2D eigenvalue weighted by Crippen LogP contribution is -2.52. The Morgan fingerprint density at radius 3 is 1.87 bits per heavy atom. The zero-order valence-electron chi connectivity index (χ0n) is 8.80. The van der Waals surface area contributed by atoms with E-state index in [9.17, 15) is 9.59 Å². The molecule has 0 aliphatic rings. The number of rotatable bonds is 7. The molecule has 6 nitrogen and oxygen atoms in total. The van der Waals surface area contributed by atoms with Gasteiger partial charge in [-0.25, -0.2) is 4.79 Å². The third-order valence-corrected chi connectivity index (χ3v) is 2.24. The van der Waals surface area contributed by atoms with Crippen molar-refractivity contribution in [1.29, 1.82) is 0 Å². The number of carboxylic acids is 2. The van der Waals surface area contributed by atoms with Crippen molar-refractivity contribution in [3.05, 3.63) is 0 Å². The first-order valence-corrected chi connectivity index (χ1v) is 4.83. The van der Waals surface area contributed by atoms with E-state index < -0.39 is 24.1 Å². The van der Waals surface area contributed by atoms with Crippen LogP contribution in [0.2, 0.25) is 0 Å². The Balaban J connectivity index is 4.53. The van der Waals surface area contributed by atoms with E-state index in [1.807, 2.05) is 13.8 Å². The van der Waals surface area contributed by atoms with Gasteiger partial charge in [0.05, 0.1) is 0 Å². The number of carboxylic acid groups (broad SMARTS) is 2. The van der Waals surface area contributed by atoms with E-state index in [1.54, 1.807) is 0 Å². The molecule has 0 spiro atoms. The Morgan fingerprint density at radius 1 is 1.13 bits per heavy atom. The average molecular weight is 219 g/mol. The highest BCUT2D eigenvalue weighted by Crippen LogP contribution is 2.02. The summed E-state index contributed by atoms with van der Waals surface area (Å²) < 4.78 is 0. The van der Waals surface area contributed by atoms with Crippen LogP contribution in [0.15, 0.2) is 0 Å². The fourth-order valence-corrected chi connectivity index (χ4v) is 1.22. The number of aliphatic carboxylic acids is 2. The molecule has 1 unspecified atom stereocenters. The molecule has 6 heteroatoms. The third kappa shape index (κ3) is 4.26. The molecule has 0 radical (unpaired) electrons. The van der Waals surface area contributed by atoms with E-state index in [2.05, 4.69) is 5.32 Å². The van der Waals surface area contributed by atoms with E-state index in [0.717, 1.165) is 0 Å². The van der Waals surface area contributed by atoms with Gasteiger partial charge in [0, 0.05) is 6.04 Å². The molecule has 0 aromatic rings. The molecule has 0 aromatic carbocycles. The maximum absolute atomic E-state index is 10.7. The standard InChI is InChI=1S/C9H17NO5/c1-3-5(4-2)10-6(8(12)13)7(11)9(14)15/h5-7,10-11H,3-4H2,1-2H3,(H,12,13)(H,14,15)/t6?,7-/m1/s1. The molecule has 88 valence electrons. The monoisotopic (exact) mass is 219 g/mol. The number of aliphatic hydroxyl groups is 1. The number of carbonyl (C=O) groups is 2. The summed E-state index contributed by atoms with van der Waals surface area (Å²) in [7, 11) is 0. The van der Waals surface area contributed by atoms with Crippen molar-refractivity contribution in [1.82, 2.24) is 5.32 Å². The van der Waals surface area contributed by atoms with Crippen LogP contribution in [0, 0.1) is 0 Å². The van der Waals surface area contributed by atoms with Crippen LogP contribution in [0.4, 0.5) is 0 Å². The maximum atomic E-state index is 10.7. The van der Waals surface area contributed by atoms with Crippen molar-refractivity contribution < 1.29 is 24.9 Å². The molecule has 0 fully saturated rings. The molecular formula is C9H17NO5. The highest BCUT2D eigenvalue weighted by atomic mass is 16.4. The Labute approximate surface area is 87.9 Å². The number of nitrogens with one attached hydrogen (secondary N) is 1. The Bertz CT molecular complexity index is 227. The predicted molar refractivity (Wildman–Crippen MR) is 52.6 cm³/mol. The molecule has 15 heavy (non-hydrogen) atoms. The fraction of sp³-hybridized carbons (Fsp3) is 0.778. The molecule has 4 N–H and O–H groups in total. The molecule has 0 rings (SSSR count). The largest absolute Gasteiger partial charge is 0.480 e. The van der Waals surface area contributed by atoms with E-state index in [1.165, 1.54) is 0 Å². The van der Waals surface area contributed by atoms with Crippen LogP contribution in [0.3, 0.4) is 0 Å². The van der Waals surface area contributed by atoms with Crippen molar-refractivity contribution in [2.24, 2.45) is 0 Å². The van der Waals surface area contributed by atoms with Gasteiger partial charge >= 0.3 is 11.9 Å². The zero-order chi connectivity index (χ0) is 12.0. The minimum atomic E-state index is -1.93. The van der Waals surface area contributed by atoms with Crippen LogP contribution in [-0.2, 0) is 9.59 Å². The van der Waals surface area contributed by atoms with Crippen LogP contribution in [0.25, 0.3) is 0 Å². The molecule has 2 atom stereocenters. The zero-order valence-corrected chi connectivity index (χ0v) is 8.80. The van der Waals surface area contributed by atoms with Crippen molar-refractivity contribution in [2.75, 3.05) is 0 Å². The van der Waals surface area contributed by atoms with Crippen LogP contribution in [0.5, 0.6) is 0 Å². The summed E-state index contributed by atoms with van der Waals surface area (Å²) in [4.78, 5) is 21.2. The van der Waals surface area contributed by atoms with Gasteiger partial charge in [0.2, 0.25) is 0 Å². The van der Waals surface area contributed by atoms with Gasteiger partial charge < -0.3 is 15.3 Å².